The predicted molar refractivity (Wildman–Crippen MR) is 75.6 cm³/mol. The number of hydrogen-bond donors (Lipinski definition) is 1. The molecule has 1 amide bonds. The fourth-order valence-electron chi connectivity index (χ4n) is 1.64. The third-order valence-corrected chi connectivity index (χ3v) is 2.39. The summed E-state index contributed by atoms with van der Waals surface area (Å²) in [5.41, 5.74) is 0.559. The highest BCUT2D eigenvalue weighted by atomic mass is 16.5. The SMILES string of the molecule is CCOC(=O)/C(C(=NC(C)=O)c1ccccc1)=C(\C)O. The van der Waals surface area contributed by atoms with Gasteiger partial charge in [0.05, 0.1) is 12.3 Å². The Balaban J connectivity index is 3.40. The van der Waals surface area contributed by atoms with Crippen molar-refractivity contribution in [1.82, 2.24) is 0 Å². The molecule has 0 bridgehead atoms. The molecule has 0 unspecified atom stereocenters. The van der Waals surface area contributed by atoms with E-state index in [9.17, 15) is 14.7 Å². The second kappa shape index (κ2) is 7.23. The van der Waals surface area contributed by atoms with E-state index >= 15 is 0 Å². The molecule has 0 atom stereocenters. The lowest BCUT2D eigenvalue weighted by molar-refractivity contribution is -0.138. The molecule has 0 aliphatic carbocycles. The maximum absolute atomic E-state index is 11.9. The molecule has 0 fully saturated rings. The molecule has 0 spiro atoms. The van der Waals surface area contributed by atoms with Gasteiger partial charge in [-0.15, -0.1) is 0 Å². The van der Waals surface area contributed by atoms with E-state index in [0.717, 1.165) is 0 Å². The van der Waals surface area contributed by atoms with Crippen LogP contribution >= 0.6 is 0 Å². The van der Waals surface area contributed by atoms with Crippen LogP contribution in [0.3, 0.4) is 0 Å². The summed E-state index contributed by atoms with van der Waals surface area (Å²) in [5.74, 6) is -1.42. The molecule has 1 aromatic carbocycles. The van der Waals surface area contributed by atoms with Crippen LogP contribution in [0.25, 0.3) is 0 Å². The first-order valence-electron chi connectivity index (χ1n) is 6.19. The Morgan fingerprint density at radius 2 is 1.80 bits per heavy atom. The largest absolute Gasteiger partial charge is 0.512 e. The van der Waals surface area contributed by atoms with Crippen molar-refractivity contribution >= 4 is 17.6 Å². The highest BCUT2D eigenvalue weighted by molar-refractivity contribution is 6.28. The van der Waals surface area contributed by atoms with Gasteiger partial charge in [-0.3, -0.25) is 4.79 Å². The van der Waals surface area contributed by atoms with Crippen LogP contribution in [0.2, 0.25) is 0 Å². The van der Waals surface area contributed by atoms with Gasteiger partial charge < -0.3 is 9.84 Å². The summed E-state index contributed by atoms with van der Waals surface area (Å²) in [6.07, 6.45) is 0. The van der Waals surface area contributed by atoms with Crippen LogP contribution in [-0.2, 0) is 14.3 Å². The quantitative estimate of drug-likeness (QED) is 0.396. The molecule has 0 radical (unpaired) electrons. The smallest absolute Gasteiger partial charge is 0.343 e. The highest BCUT2D eigenvalue weighted by Crippen LogP contribution is 2.15. The van der Waals surface area contributed by atoms with Gasteiger partial charge in [-0.1, -0.05) is 30.3 Å². The zero-order chi connectivity index (χ0) is 15.1. The molecular weight excluding hydrogens is 258 g/mol. The van der Waals surface area contributed by atoms with Crippen molar-refractivity contribution in [2.45, 2.75) is 20.8 Å². The number of ether oxygens (including phenoxy) is 1. The molecule has 0 aliphatic rings. The minimum absolute atomic E-state index is 0.103. The first-order chi connectivity index (χ1) is 9.47. The maximum atomic E-state index is 11.9. The standard InChI is InChI=1S/C15H17NO4/c1-4-20-15(19)13(10(2)17)14(16-11(3)18)12-8-6-5-7-9-12/h5-9,17H,4H2,1-3H3/b13-10+,16-14?. The number of rotatable bonds is 4. The molecular formula is C15H17NO4. The van der Waals surface area contributed by atoms with Crippen molar-refractivity contribution in [2.24, 2.45) is 4.99 Å². The lowest BCUT2D eigenvalue weighted by Crippen LogP contribution is -2.20. The van der Waals surface area contributed by atoms with Crippen LogP contribution in [0.4, 0.5) is 0 Å². The average molecular weight is 275 g/mol. The van der Waals surface area contributed by atoms with Crippen LogP contribution in [0, 0.1) is 0 Å². The monoisotopic (exact) mass is 275 g/mol. The van der Waals surface area contributed by atoms with E-state index in [1.807, 2.05) is 0 Å². The van der Waals surface area contributed by atoms with Gasteiger partial charge in [-0.25, -0.2) is 9.79 Å². The average Bonchev–Trinajstić information content (AvgIpc) is 2.38. The van der Waals surface area contributed by atoms with E-state index < -0.39 is 11.9 Å². The summed E-state index contributed by atoms with van der Waals surface area (Å²) in [6, 6.07) is 8.70. The fourth-order valence-corrected chi connectivity index (χ4v) is 1.64. The zero-order valence-corrected chi connectivity index (χ0v) is 11.7. The van der Waals surface area contributed by atoms with Crippen molar-refractivity contribution in [3.63, 3.8) is 0 Å². The summed E-state index contributed by atoms with van der Waals surface area (Å²) in [4.78, 5) is 27.1. The van der Waals surface area contributed by atoms with Crippen molar-refractivity contribution in [2.75, 3.05) is 6.61 Å². The topological polar surface area (TPSA) is 76.0 Å². The molecule has 5 nitrogen and oxygen atoms in total. The first kappa shape index (κ1) is 15.6. The van der Waals surface area contributed by atoms with E-state index in [-0.39, 0.29) is 23.7 Å². The summed E-state index contributed by atoms with van der Waals surface area (Å²) in [5, 5.41) is 9.74. The number of aliphatic hydroxyl groups excluding tert-OH is 1. The molecule has 0 heterocycles. The van der Waals surface area contributed by atoms with E-state index in [1.54, 1.807) is 37.3 Å². The Labute approximate surface area is 117 Å². The summed E-state index contributed by atoms with van der Waals surface area (Å²) < 4.78 is 4.90. The molecule has 20 heavy (non-hydrogen) atoms. The number of esters is 1. The molecule has 0 saturated heterocycles. The van der Waals surface area contributed by atoms with Gasteiger partial charge in [-0.2, -0.15) is 0 Å². The summed E-state index contributed by atoms with van der Waals surface area (Å²) in [7, 11) is 0. The third-order valence-electron chi connectivity index (χ3n) is 2.39. The number of aliphatic hydroxyl groups is 1. The maximum Gasteiger partial charge on any atom is 0.343 e. The van der Waals surface area contributed by atoms with Crippen LogP contribution in [0.5, 0.6) is 0 Å². The van der Waals surface area contributed by atoms with Crippen LogP contribution in [-0.4, -0.2) is 29.3 Å². The molecule has 1 aromatic rings. The van der Waals surface area contributed by atoms with E-state index in [4.69, 9.17) is 4.74 Å². The van der Waals surface area contributed by atoms with Gasteiger partial charge >= 0.3 is 5.97 Å². The normalized spacial score (nSPS) is 12.7. The van der Waals surface area contributed by atoms with Gasteiger partial charge in [-0.05, 0) is 13.8 Å². The molecule has 5 heteroatoms. The van der Waals surface area contributed by atoms with Crippen LogP contribution in [0.15, 0.2) is 46.7 Å². The highest BCUT2D eigenvalue weighted by Gasteiger charge is 2.22. The number of hydrogen-bond acceptors (Lipinski definition) is 4. The molecule has 106 valence electrons. The Bertz CT molecular complexity index is 554. The minimum atomic E-state index is -0.712. The van der Waals surface area contributed by atoms with Crippen molar-refractivity contribution < 1.29 is 19.4 Å². The molecule has 0 saturated carbocycles. The van der Waals surface area contributed by atoms with Gasteiger partial charge in [0.1, 0.15) is 11.3 Å². The number of allylic oxidation sites excluding steroid dienone is 1. The Kier molecular flexibility index (Phi) is 5.65. The van der Waals surface area contributed by atoms with Crippen molar-refractivity contribution in [1.29, 1.82) is 0 Å². The van der Waals surface area contributed by atoms with Crippen LogP contribution < -0.4 is 0 Å². The second-order valence-corrected chi connectivity index (χ2v) is 4.03. The van der Waals surface area contributed by atoms with E-state index in [0.29, 0.717) is 5.56 Å². The van der Waals surface area contributed by atoms with Gasteiger partial charge in [0, 0.05) is 12.5 Å². The number of carbonyl (C=O) groups is 2. The van der Waals surface area contributed by atoms with Gasteiger partial charge in [0.2, 0.25) is 5.91 Å². The molecule has 0 aromatic heterocycles. The lowest BCUT2D eigenvalue weighted by Gasteiger charge is -2.11. The predicted octanol–water partition coefficient (Wildman–Crippen LogP) is 2.42. The van der Waals surface area contributed by atoms with Crippen molar-refractivity contribution in [3.05, 3.63) is 47.2 Å². The van der Waals surface area contributed by atoms with Gasteiger partial charge in [0.15, 0.2) is 0 Å². The number of amides is 1. The number of carbonyl (C=O) groups excluding carboxylic acids is 2. The Morgan fingerprint density at radius 3 is 2.25 bits per heavy atom. The number of aliphatic imine (C=N–C) groups is 1. The Hall–Kier alpha value is -2.43. The second-order valence-electron chi connectivity index (χ2n) is 4.03. The third kappa shape index (κ3) is 4.05. The zero-order valence-electron chi connectivity index (χ0n) is 11.7. The molecule has 0 aliphatic heterocycles. The first-order valence-corrected chi connectivity index (χ1v) is 6.19. The number of benzene rings is 1. The summed E-state index contributed by atoms with van der Waals surface area (Å²) >= 11 is 0. The Morgan fingerprint density at radius 1 is 1.20 bits per heavy atom. The van der Waals surface area contributed by atoms with E-state index in [1.165, 1.54) is 13.8 Å². The minimum Gasteiger partial charge on any atom is -0.512 e. The van der Waals surface area contributed by atoms with E-state index in [2.05, 4.69) is 4.99 Å². The van der Waals surface area contributed by atoms with Crippen LogP contribution in [0.1, 0.15) is 26.3 Å². The molecule has 1 rings (SSSR count). The van der Waals surface area contributed by atoms with Gasteiger partial charge in [0.25, 0.3) is 0 Å². The fraction of sp³-hybridized carbons (Fsp3) is 0.267. The molecule has 1 N–H and O–H groups in total. The summed E-state index contributed by atoms with van der Waals surface area (Å²) in [6.45, 7) is 4.45. The number of nitrogens with zero attached hydrogens (tertiary/aromatic N) is 1. The lowest BCUT2D eigenvalue weighted by atomic mass is 10.0. The van der Waals surface area contributed by atoms with Crippen molar-refractivity contribution in [3.8, 4) is 0 Å².